The van der Waals surface area contributed by atoms with Crippen molar-refractivity contribution in [2.45, 2.75) is 68.3 Å². The second kappa shape index (κ2) is 10.5. The molecular weight excluding hydrogens is 430 g/mol. The smallest absolute Gasteiger partial charge is 0.187 e. The second-order valence-corrected chi connectivity index (χ2v) is 7.83. The molecule has 0 aromatic heterocycles. The van der Waals surface area contributed by atoms with Crippen LogP contribution < -0.4 is 5.32 Å². The van der Waals surface area contributed by atoms with E-state index in [4.69, 9.17) is 14.2 Å². The third-order valence-corrected chi connectivity index (χ3v) is 5.60. The van der Waals surface area contributed by atoms with E-state index >= 15 is 0 Å². The Kier molecular flexibility index (Phi) is 8.16. The molecule has 12 nitrogen and oxygen atoms in total. The van der Waals surface area contributed by atoms with Gasteiger partial charge in [-0.05, 0) is 31.2 Å². The number of ether oxygens (including phenoxy) is 3. The van der Waals surface area contributed by atoms with Crippen molar-refractivity contribution in [1.29, 1.82) is 0 Å². The first-order valence-corrected chi connectivity index (χ1v) is 10.1. The summed E-state index contributed by atoms with van der Waals surface area (Å²) in [4.78, 5) is 11.4. The van der Waals surface area contributed by atoms with E-state index in [9.17, 15) is 40.5 Å². The molecule has 2 saturated heterocycles. The summed E-state index contributed by atoms with van der Waals surface area (Å²) < 4.78 is 16.4. The molecule has 0 unspecified atom stereocenters. The first-order valence-electron chi connectivity index (χ1n) is 10.1. The lowest BCUT2D eigenvalue weighted by atomic mass is 9.96. The lowest BCUT2D eigenvalue weighted by molar-refractivity contribution is -0.340. The lowest BCUT2D eigenvalue weighted by Gasteiger charge is -2.46. The highest BCUT2D eigenvalue weighted by Crippen LogP contribution is 2.29. The molecule has 0 radical (unpaired) electrons. The molecule has 2 aliphatic rings. The van der Waals surface area contributed by atoms with Crippen molar-refractivity contribution in [3.8, 4) is 0 Å². The molecule has 10 atom stereocenters. The van der Waals surface area contributed by atoms with Gasteiger partial charge in [-0.25, -0.2) is 0 Å². The van der Waals surface area contributed by atoms with Crippen LogP contribution in [0.2, 0.25) is 0 Å². The van der Waals surface area contributed by atoms with Crippen molar-refractivity contribution < 1.29 is 54.8 Å². The standard InChI is InChI=1S/C20H29NO11/c1-8(24)9-2-4-10(5-3-9)21-19-16(28)15(27)18(12(7-23)30-19)32-20-17(29)14(26)13(25)11(6-22)31-20/h2-5,11-23,25-29H,6-7H2,1H3/t11-,12-,13+,14+,15-,16-,17+,18+,19+,20+/m0/s1. The van der Waals surface area contributed by atoms with E-state index in [1.54, 1.807) is 24.3 Å². The van der Waals surface area contributed by atoms with Gasteiger partial charge in [0.05, 0.1) is 13.2 Å². The third-order valence-electron chi connectivity index (χ3n) is 5.60. The Hall–Kier alpha value is -1.71. The predicted molar refractivity (Wildman–Crippen MR) is 106 cm³/mol. The maximum atomic E-state index is 11.4. The van der Waals surface area contributed by atoms with Crippen LogP contribution >= 0.6 is 0 Å². The average Bonchev–Trinajstić information content (AvgIpc) is 2.79. The number of benzene rings is 1. The molecule has 0 spiro atoms. The van der Waals surface area contributed by atoms with Crippen LogP contribution in [0.1, 0.15) is 17.3 Å². The van der Waals surface area contributed by atoms with Gasteiger partial charge in [0.15, 0.2) is 18.3 Å². The van der Waals surface area contributed by atoms with Crippen LogP contribution in [-0.4, -0.2) is 116 Å². The van der Waals surface area contributed by atoms with Crippen molar-refractivity contribution in [1.82, 2.24) is 0 Å². The Balaban J connectivity index is 1.70. The number of anilines is 1. The highest BCUT2D eigenvalue weighted by Gasteiger charge is 2.50. The number of aliphatic hydroxyl groups is 7. The molecule has 8 N–H and O–H groups in total. The lowest BCUT2D eigenvalue weighted by Crippen LogP contribution is -2.65. The molecule has 2 fully saturated rings. The summed E-state index contributed by atoms with van der Waals surface area (Å²) in [6, 6.07) is 6.32. The van der Waals surface area contributed by atoms with E-state index in [1.807, 2.05) is 0 Å². The van der Waals surface area contributed by atoms with Crippen LogP contribution in [0.3, 0.4) is 0 Å². The minimum atomic E-state index is -1.73. The molecule has 180 valence electrons. The van der Waals surface area contributed by atoms with Gasteiger partial charge in [0.2, 0.25) is 0 Å². The number of carbonyl (C=O) groups excluding carboxylic acids is 1. The Morgan fingerprint density at radius 3 is 2.06 bits per heavy atom. The molecule has 1 aromatic carbocycles. The minimum Gasteiger partial charge on any atom is -0.394 e. The van der Waals surface area contributed by atoms with Crippen molar-refractivity contribution in [2.24, 2.45) is 0 Å². The van der Waals surface area contributed by atoms with Crippen LogP contribution in [0.25, 0.3) is 0 Å². The number of carbonyl (C=O) groups is 1. The predicted octanol–water partition coefficient (Wildman–Crippen LogP) is -3.07. The zero-order valence-electron chi connectivity index (χ0n) is 17.3. The zero-order chi connectivity index (χ0) is 23.6. The monoisotopic (exact) mass is 459 g/mol. The molecule has 2 aliphatic heterocycles. The summed E-state index contributed by atoms with van der Waals surface area (Å²) in [6.07, 6.45) is -14.7. The summed E-state index contributed by atoms with van der Waals surface area (Å²) in [5, 5.41) is 72.9. The molecule has 32 heavy (non-hydrogen) atoms. The van der Waals surface area contributed by atoms with E-state index in [0.29, 0.717) is 11.3 Å². The Labute approximate surface area is 183 Å². The van der Waals surface area contributed by atoms with E-state index in [2.05, 4.69) is 5.32 Å². The van der Waals surface area contributed by atoms with Crippen LogP contribution in [0, 0.1) is 0 Å². The number of hydrogen-bond donors (Lipinski definition) is 8. The van der Waals surface area contributed by atoms with Gasteiger partial charge in [0.1, 0.15) is 48.8 Å². The quantitative estimate of drug-likeness (QED) is 0.192. The fourth-order valence-corrected chi connectivity index (χ4v) is 3.67. The number of aliphatic hydroxyl groups excluding tert-OH is 7. The summed E-state index contributed by atoms with van der Waals surface area (Å²) in [5.41, 5.74) is 0.971. The van der Waals surface area contributed by atoms with E-state index in [0.717, 1.165) is 0 Å². The number of Topliss-reactive ketones (excluding diaryl/α,β-unsaturated/α-hetero) is 1. The maximum Gasteiger partial charge on any atom is 0.187 e. The van der Waals surface area contributed by atoms with Gasteiger partial charge < -0.3 is 55.3 Å². The van der Waals surface area contributed by atoms with E-state index in [1.165, 1.54) is 6.92 Å². The number of hydrogen-bond acceptors (Lipinski definition) is 12. The Morgan fingerprint density at radius 2 is 1.50 bits per heavy atom. The molecule has 0 saturated carbocycles. The maximum absolute atomic E-state index is 11.4. The molecule has 2 heterocycles. The highest BCUT2D eigenvalue weighted by atomic mass is 16.7. The first-order chi connectivity index (χ1) is 15.2. The van der Waals surface area contributed by atoms with Gasteiger partial charge in [-0.3, -0.25) is 4.79 Å². The van der Waals surface area contributed by atoms with Crippen molar-refractivity contribution in [2.75, 3.05) is 18.5 Å². The fourth-order valence-electron chi connectivity index (χ4n) is 3.67. The van der Waals surface area contributed by atoms with Crippen LogP contribution in [0.15, 0.2) is 24.3 Å². The van der Waals surface area contributed by atoms with Crippen LogP contribution in [0.4, 0.5) is 5.69 Å². The van der Waals surface area contributed by atoms with Crippen molar-refractivity contribution in [3.05, 3.63) is 29.8 Å². The average molecular weight is 459 g/mol. The van der Waals surface area contributed by atoms with Gasteiger partial charge in [-0.1, -0.05) is 0 Å². The molecule has 3 rings (SSSR count). The molecule has 0 bridgehead atoms. The van der Waals surface area contributed by atoms with Crippen LogP contribution in [-0.2, 0) is 14.2 Å². The van der Waals surface area contributed by atoms with E-state index in [-0.39, 0.29) is 5.78 Å². The molecule has 0 amide bonds. The van der Waals surface area contributed by atoms with Crippen LogP contribution in [0.5, 0.6) is 0 Å². The Morgan fingerprint density at radius 1 is 0.875 bits per heavy atom. The largest absolute Gasteiger partial charge is 0.394 e. The van der Waals surface area contributed by atoms with Gasteiger partial charge >= 0.3 is 0 Å². The molecule has 0 aliphatic carbocycles. The Bertz CT molecular complexity index is 758. The van der Waals surface area contributed by atoms with E-state index < -0.39 is 74.6 Å². The number of nitrogens with one attached hydrogen (secondary N) is 1. The van der Waals surface area contributed by atoms with Gasteiger partial charge in [-0.2, -0.15) is 0 Å². The summed E-state index contributed by atoms with van der Waals surface area (Å²) in [5.74, 6) is -0.116. The van der Waals surface area contributed by atoms with Crippen molar-refractivity contribution >= 4 is 11.5 Å². The fraction of sp³-hybridized carbons (Fsp3) is 0.650. The van der Waals surface area contributed by atoms with Gasteiger partial charge in [0, 0.05) is 11.3 Å². The topological polar surface area (TPSA) is 198 Å². The summed E-state index contributed by atoms with van der Waals surface area (Å²) in [7, 11) is 0. The highest BCUT2D eigenvalue weighted by molar-refractivity contribution is 5.94. The second-order valence-electron chi connectivity index (χ2n) is 7.83. The molecule has 12 heteroatoms. The third kappa shape index (κ3) is 5.10. The minimum absolute atomic E-state index is 0.116. The SMILES string of the molecule is CC(=O)c1ccc(N[C@@H]2O[C@@H](CO)[C@@H](O[C@H]3O[C@@H](CO)[C@@H](O)[C@@H](O)[C@H]3O)[C@@H](O)[C@@H]2O)cc1. The number of ketones is 1. The zero-order valence-corrected chi connectivity index (χ0v) is 17.3. The molecule has 1 aromatic rings. The first kappa shape index (κ1) is 24.9. The summed E-state index contributed by atoms with van der Waals surface area (Å²) in [6.45, 7) is 0.122. The normalized spacial score (nSPS) is 40.1. The number of rotatable bonds is 7. The van der Waals surface area contributed by atoms with Crippen molar-refractivity contribution in [3.63, 3.8) is 0 Å². The molecular formula is C20H29NO11. The van der Waals surface area contributed by atoms with Gasteiger partial charge in [0.25, 0.3) is 0 Å². The summed E-state index contributed by atoms with van der Waals surface area (Å²) >= 11 is 0. The van der Waals surface area contributed by atoms with Gasteiger partial charge in [-0.15, -0.1) is 0 Å².